The molecule has 2 rings (SSSR count). The predicted octanol–water partition coefficient (Wildman–Crippen LogP) is 1.71. The second kappa shape index (κ2) is 6.22. The fourth-order valence-corrected chi connectivity index (χ4v) is 2.17. The van der Waals surface area contributed by atoms with Crippen LogP contribution in [0, 0.1) is 0 Å². The molecule has 2 atom stereocenters. The maximum Gasteiger partial charge on any atom is 0.122 e. The van der Waals surface area contributed by atoms with E-state index in [1.165, 1.54) is 0 Å². The van der Waals surface area contributed by atoms with Crippen molar-refractivity contribution in [3.8, 4) is 0 Å². The van der Waals surface area contributed by atoms with Gasteiger partial charge in [-0.3, -0.25) is 5.32 Å². The van der Waals surface area contributed by atoms with E-state index in [4.69, 9.17) is 10.5 Å². The minimum Gasteiger partial charge on any atom is -0.466 e. The van der Waals surface area contributed by atoms with Gasteiger partial charge in [0, 0.05) is 6.42 Å². The molecule has 2 aliphatic carbocycles. The number of ether oxygens (including phenoxy) is 1. The van der Waals surface area contributed by atoms with E-state index in [0.29, 0.717) is 6.42 Å². The van der Waals surface area contributed by atoms with Gasteiger partial charge in [0.25, 0.3) is 0 Å². The van der Waals surface area contributed by atoms with Crippen LogP contribution in [0.25, 0.3) is 0 Å². The van der Waals surface area contributed by atoms with Gasteiger partial charge >= 0.3 is 0 Å². The van der Waals surface area contributed by atoms with E-state index in [0.717, 1.165) is 12.2 Å². The van der Waals surface area contributed by atoms with Crippen LogP contribution in [0.15, 0.2) is 60.6 Å². The molecule has 4 N–H and O–H groups in total. The van der Waals surface area contributed by atoms with Gasteiger partial charge in [-0.05, 0) is 44.8 Å². The number of likely N-dealkylation sites (N-methyl/N-ethyl adjacent to an activating group) is 2. The third kappa shape index (κ3) is 3.48. The maximum atomic E-state index is 6.07. The summed E-state index contributed by atoms with van der Waals surface area (Å²) in [6.45, 7) is 0. The average Bonchev–Trinajstić information content (AvgIpc) is 2.50. The maximum absolute atomic E-state index is 6.07. The average molecular weight is 273 g/mol. The first kappa shape index (κ1) is 14.8. The molecule has 0 fully saturated rings. The van der Waals surface area contributed by atoms with E-state index < -0.39 is 5.66 Å². The topological polar surface area (TPSA) is 59.3 Å². The third-order valence-electron chi connectivity index (χ3n) is 3.78. The van der Waals surface area contributed by atoms with Crippen molar-refractivity contribution in [2.75, 3.05) is 14.1 Å². The zero-order valence-electron chi connectivity index (χ0n) is 12.1. The fraction of sp³-hybridized carbons (Fsp3) is 0.375. The van der Waals surface area contributed by atoms with Crippen LogP contribution < -0.4 is 16.4 Å². The summed E-state index contributed by atoms with van der Waals surface area (Å²) in [5.74, 6) is 0.819. The lowest BCUT2D eigenvalue weighted by Gasteiger charge is -2.28. The zero-order chi connectivity index (χ0) is 14.5. The Balaban J connectivity index is 1.93. The molecule has 0 bridgehead atoms. The number of hydrogen-bond donors (Lipinski definition) is 3. The number of nitrogens with two attached hydrogens (primary N) is 1. The van der Waals surface area contributed by atoms with Gasteiger partial charge in [0.05, 0.1) is 17.5 Å². The number of rotatable bonds is 5. The van der Waals surface area contributed by atoms with E-state index in [1.54, 1.807) is 6.26 Å². The second-order valence-electron chi connectivity index (χ2n) is 5.14. The van der Waals surface area contributed by atoms with Crippen molar-refractivity contribution in [2.45, 2.75) is 24.0 Å². The standard InChI is InChI=1S/C16H23N3O/c1-18-15(8-4-3-5-9-15)12-13-20-14-6-10-16(17,19-2)11-7-14/h3-8,10,12-13,18-19H,9,11,17H2,1-2H3/b13-12+. The Kier molecular flexibility index (Phi) is 4.60. The van der Waals surface area contributed by atoms with Gasteiger partial charge in [-0.1, -0.05) is 24.3 Å². The van der Waals surface area contributed by atoms with Crippen LogP contribution in [-0.4, -0.2) is 25.3 Å². The van der Waals surface area contributed by atoms with Gasteiger partial charge in [0.15, 0.2) is 0 Å². The van der Waals surface area contributed by atoms with E-state index in [-0.39, 0.29) is 5.54 Å². The van der Waals surface area contributed by atoms with Gasteiger partial charge in [-0.2, -0.15) is 0 Å². The Hall–Kier alpha value is -1.62. The Labute approximate surface area is 120 Å². The molecule has 108 valence electrons. The molecular formula is C16H23N3O. The highest BCUT2D eigenvalue weighted by Gasteiger charge is 2.22. The predicted molar refractivity (Wildman–Crippen MR) is 82.7 cm³/mol. The molecule has 2 aliphatic rings. The van der Waals surface area contributed by atoms with Crippen LogP contribution in [0.3, 0.4) is 0 Å². The summed E-state index contributed by atoms with van der Waals surface area (Å²) in [5.41, 5.74) is 5.45. The molecule has 0 amide bonds. The molecule has 0 radical (unpaired) electrons. The highest BCUT2D eigenvalue weighted by atomic mass is 16.5. The highest BCUT2D eigenvalue weighted by molar-refractivity contribution is 5.28. The van der Waals surface area contributed by atoms with E-state index in [1.807, 2.05) is 44.5 Å². The van der Waals surface area contributed by atoms with Gasteiger partial charge in [0.1, 0.15) is 5.76 Å². The van der Waals surface area contributed by atoms with Gasteiger partial charge in [0.2, 0.25) is 0 Å². The summed E-state index contributed by atoms with van der Waals surface area (Å²) in [6.07, 6.45) is 19.6. The molecule has 0 aromatic heterocycles. The summed E-state index contributed by atoms with van der Waals surface area (Å²) >= 11 is 0. The second-order valence-corrected chi connectivity index (χ2v) is 5.14. The molecule has 4 heteroatoms. The normalized spacial score (nSPS) is 32.6. The largest absolute Gasteiger partial charge is 0.466 e. The molecule has 0 aromatic rings. The van der Waals surface area contributed by atoms with Crippen LogP contribution >= 0.6 is 0 Å². The Morgan fingerprint density at radius 1 is 1.20 bits per heavy atom. The summed E-state index contributed by atoms with van der Waals surface area (Å²) < 4.78 is 5.66. The fourth-order valence-electron chi connectivity index (χ4n) is 2.17. The van der Waals surface area contributed by atoms with Crippen LogP contribution in [0.1, 0.15) is 12.8 Å². The van der Waals surface area contributed by atoms with Crippen molar-refractivity contribution in [2.24, 2.45) is 5.73 Å². The summed E-state index contributed by atoms with van der Waals surface area (Å²) in [4.78, 5) is 0. The van der Waals surface area contributed by atoms with Crippen molar-refractivity contribution in [1.29, 1.82) is 0 Å². The van der Waals surface area contributed by atoms with E-state index in [9.17, 15) is 0 Å². The van der Waals surface area contributed by atoms with Crippen molar-refractivity contribution in [1.82, 2.24) is 10.6 Å². The lowest BCUT2D eigenvalue weighted by molar-refractivity contribution is 0.345. The van der Waals surface area contributed by atoms with Gasteiger partial charge in [-0.15, -0.1) is 0 Å². The van der Waals surface area contributed by atoms with E-state index >= 15 is 0 Å². The molecule has 2 unspecified atom stereocenters. The summed E-state index contributed by atoms with van der Waals surface area (Å²) in [5, 5.41) is 6.37. The first-order valence-electron chi connectivity index (χ1n) is 6.86. The molecule has 0 aliphatic heterocycles. The third-order valence-corrected chi connectivity index (χ3v) is 3.78. The molecule has 4 nitrogen and oxygen atoms in total. The van der Waals surface area contributed by atoms with Crippen molar-refractivity contribution >= 4 is 0 Å². The number of hydrogen-bond acceptors (Lipinski definition) is 4. The first-order chi connectivity index (χ1) is 9.61. The highest BCUT2D eigenvalue weighted by Crippen LogP contribution is 2.20. The van der Waals surface area contributed by atoms with E-state index in [2.05, 4.69) is 28.9 Å². The van der Waals surface area contributed by atoms with Crippen LogP contribution in [0.5, 0.6) is 0 Å². The number of nitrogens with one attached hydrogen (secondary N) is 2. The quantitative estimate of drug-likeness (QED) is 0.527. The van der Waals surface area contributed by atoms with Crippen LogP contribution in [0.2, 0.25) is 0 Å². The van der Waals surface area contributed by atoms with Crippen molar-refractivity contribution < 1.29 is 4.74 Å². The number of allylic oxidation sites excluding steroid dienone is 3. The monoisotopic (exact) mass is 273 g/mol. The molecule has 0 aromatic carbocycles. The summed E-state index contributed by atoms with van der Waals surface area (Å²) in [6, 6.07) is 0. The Morgan fingerprint density at radius 2 is 2.05 bits per heavy atom. The van der Waals surface area contributed by atoms with Crippen molar-refractivity contribution in [3.05, 3.63) is 60.6 Å². The summed E-state index contributed by atoms with van der Waals surface area (Å²) in [7, 11) is 3.80. The smallest absolute Gasteiger partial charge is 0.122 e. The van der Waals surface area contributed by atoms with Crippen molar-refractivity contribution in [3.63, 3.8) is 0 Å². The zero-order valence-corrected chi connectivity index (χ0v) is 12.1. The Bertz CT molecular complexity index is 490. The minimum absolute atomic E-state index is 0.156. The molecule has 0 saturated carbocycles. The van der Waals surface area contributed by atoms with Crippen LogP contribution in [-0.2, 0) is 4.74 Å². The molecule has 0 saturated heterocycles. The minimum atomic E-state index is -0.459. The molecule has 0 heterocycles. The van der Waals surface area contributed by atoms with Crippen LogP contribution in [0.4, 0.5) is 0 Å². The molecular weight excluding hydrogens is 250 g/mol. The van der Waals surface area contributed by atoms with Gasteiger partial charge < -0.3 is 15.8 Å². The van der Waals surface area contributed by atoms with Gasteiger partial charge in [-0.25, -0.2) is 0 Å². The molecule has 20 heavy (non-hydrogen) atoms. The lowest BCUT2D eigenvalue weighted by Crippen LogP contribution is -2.50. The SMILES string of the molecule is CNC1(N)C=CC(O/C=C/C2(NC)C=CC=CC2)=CC1. The first-order valence-corrected chi connectivity index (χ1v) is 6.86. The Morgan fingerprint density at radius 3 is 2.60 bits per heavy atom. The molecule has 0 spiro atoms. The lowest BCUT2D eigenvalue weighted by atomic mass is 9.91.